The number of hydrogen-bond acceptors (Lipinski definition) is 3. The van der Waals surface area contributed by atoms with Gasteiger partial charge in [0.15, 0.2) is 0 Å². The first-order chi connectivity index (χ1) is 6.68. The second-order valence-electron chi connectivity index (χ2n) is 3.62. The molecule has 0 aliphatic heterocycles. The average molecular weight is 191 g/mol. The molecule has 0 atom stereocenters. The molecule has 0 spiro atoms. The second-order valence-corrected chi connectivity index (χ2v) is 3.62. The van der Waals surface area contributed by atoms with Crippen molar-refractivity contribution in [2.45, 2.75) is 18.9 Å². The van der Waals surface area contributed by atoms with Crippen LogP contribution in [0.4, 0.5) is 5.82 Å². The van der Waals surface area contributed by atoms with E-state index in [1.807, 2.05) is 7.05 Å². The molecule has 0 unspecified atom stereocenters. The highest BCUT2D eigenvalue weighted by Crippen LogP contribution is 2.26. The van der Waals surface area contributed by atoms with Crippen LogP contribution in [0.2, 0.25) is 0 Å². The van der Waals surface area contributed by atoms with Gasteiger partial charge >= 0.3 is 0 Å². The predicted octanol–water partition coefficient (Wildman–Crippen LogP) is 0.898. The standard InChI is InChI=1S/C10H13N3O/c1-13(8-2-3-8)10(14)7-4-5-12-9(11)6-7/h4-6,8H,2-3H2,1H3,(H2,11,12). The van der Waals surface area contributed by atoms with Crippen LogP contribution in [0.1, 0.15) is 23.2 Å². The summed E-state index contributed by atoms with van der Waals surface area (Å²) in [5, 5.41) is 0. The summed E-state index contributed by atoms with van der Waals surface area (Å²) in [5.74, 6) is 0.418. The van der Waals surface area contributed by atoms with Crippen molar-refractivity contribution < 1.29 is 4.79 Å². The molecular weight excluding hydrogens is 178 g/mol. The normalized spacial score (nSPS) is 15.2. The predicted molar refractivity (Wildman–Crippen MR) is 53.8 cm³/mol. The summed E-state index contributed by atoms with van der Waals surface area (Å²) >= 11 is 0. The number of aromatic nitrogens is 1. The second kappa shape index (κ2) is 3.29. The Morgan fingerprint density at radius 1 is 1.64 bits per heavy atom. The molecule has 1 fully saturated rings. The van der Waals surface area contributed by atoms with E-state index in [4.69, 9.17) is 5.73 Å². The fourth-order valence-electron chi connectivity index (χ4n) is 1.41. The molecule has 2 rings (SSSR count). The van der Waals surface area contributed by atoms with E-state index in [0.717, 1.165) is 12.8 Å². The number of hydrogen-bond donors (Lipinski definition) is 1. The molecule has 1 heterocycles. The van der Waals surface area contributed by atoms with Crippen molar-refractivity contribution >= 4 is 11.7 Å². The summed E-state index contributed by atoms with van der Waals surface area (Å²) in [6.07, 6.45) is 3.79. The van der Waals surface area contributed by atoms with E-state index in [9.17, 15) is 4.79 Å². The zero-order valence-electron chi connectivity index (χ0n) is 8.10. The molecule has 0 aromatic carbocycles. The van der Waals surface area contributed by atoms with Crippen LogP contribution in [0, 0.1) is 0 Å². The van der Waals surface area contributed by atoms with Gasteiger partial charge in [0, 0.05) is 24.8 Å². The Kier molecular flexibility index (Phi) is 2.11. The van der Waals surface area contributed by atoms with Gasteiger partial charge in [-0.05, 0) is 25.0 Å². The lowest BCUT2D eigenvalue weighted by Crippen LogP contribution is -2.28. The fourth-order valence-corrected chi connectivity index (χ4v) is 1.41. The van der Waals surface area contributed by atoms with Gasteiger partial charge in [0.25, 0.3) is 5.91 Å². The quantitative estimate of drug-likeness (QED) is 0.755. The van der Waals surface area contributed by atoms with Crippen LogP contribution < -0.4 is 5.73 Å². The number of nitrogens with zero attached hydrogens (tertiary/aromatic N) is 2. The molecule has 1 aromatic heterocycles. The van der Waals surface area contributed by atoms with E-state index in [1.54, 1.807) is 23.2 Å². The van der Waals surface area contributed by atoms with Crippen LogP contribution in [0.25, 0.3) is 0 Å². The van der Waals surface area contributed by atoms with Gasteiger partial charge in [0.05, 0.1) is 0 Å². The van der Waals surface area contributed by atoms with Crippen LogP contribution in [-0.4, -0.2) is 28.9 Å². The first-order valence-corrected chi connectivity index (χ1v) is 4.67. The maximum absolute atomic E-state index is 11.8. The monoisotopic (exact) mass is 191 g/mol. The molecule has 1 saturated carbocycles. The highest BCUT2D eigenvalue weighted by atomic mass is 16.2. The maximum Gasteiger partial charge on any atom is 0.254 e. The maximum atomic E-state index is 11.8. The average Bonchev–Trinajstić information content (AvgIpc) is 2.99. The molecule has 1 aliphatic carbocycles. The minimum absolute atomic E-state index is 0.0293. The zero-order chi connectivity index (χ0) is 10.1. The van der Waals surface area contributed by atoms with Crippen molar-refractivity contribution in [3.63, 3.8) is 0 Å². The van der Waals surface area contributed by atoms with Crippen LogP contribution in [0.3, 0.4) is 0 Å². The Labute approximate surface area is 82.7 Å². The van der Waals surface area contributed by atoms with E-state index < -0.39 is 0 Å². The Morgan fingerprint density at radius 3 is 2.93 bits per heavy atom. The largest absolute Gasteiger partial charge is 0.384 e. The number of carbonyl (C=O) groups is 1. The highest BCUT2D eigenvalue weighted by molar-refractivity contribution is 5.94. The van der Waals surface area contributed by atoms with E-state index in [1.165, 1.54) is 0 Å². The molecule has 0 bridgehead atoms. The molecule has 2 N–H and O–H groups in total. The molecule has 74 valence electrons. The van der Waals surface area contributed by atoms with Crippen molar-refractivity contribution in [3.05, 3.63) is 23.9 Å². The van der Waals surface area contributed by atoms with Crippen molar-refractivity contribution in [2.24, 2.45) is 0 Å². The first-order valence-electron chi connectivity index (χ1n) is 4.67. The molecule has 0 saturated heterocycles. The van der Waals surface area contributed by atoms with E-state index in [-0.39, 0.29) is 5.91 Å². The van der Waals surface area contributed by atoms with Gasteiger partial charge in [-0.3, -0.25) is 4.79 Å². The summed E-state index contributed by atoms with van der Waals surface area (Å²) < 4.78 is 0. The summed E-state index contributed by atoms with van der Waals surface area (Å²) in [6.45, 7) is 0. The van der Waals surface area contributed by atoms with Crippen LogP contribution in [0.15, 0.2) is 18.3 Å². The third-order valence-corrected chi connectivity index (χ3v) is 2.44. The van der Waals surface area contributed by atoms with Gasteiger partial charge in [0.2, 0.25) is 0 Å². The van der Waals surface area contributed by atoms with Gasteiger partial charge in [0.1, 0.15) is 5.82 Å². The minimum atomic E-state index is 0.0293. The molecule has 0 radical (unpaired) electrons. The topological polar surface area (TPSA) is 59.2 Å². The Morgan fingerprint density at radius 2 is 2.36 bits per heavy atom. The lowest BCUT2D eigenvalue weighted by molar-refractivity contribution is 0.0785. The number of rotatable bonds is 2. The number of pyridine rings is 1. The smallest absolute Gasteiger partial charge is 0.254 e. The third-order valence-electron chi connectivity index (χ3n) is 2.44. The lowest BCUT2D eigenvalue weighted by Gasteiger charge is -2.15. The number of nitrogen functional groups attached to an aromatic ring is 1. The Bertz CT molecular complexity index is 360. The molecule has 1 aromatic rings. The minimum Gasteiger partial charge on any atom is -0.384 e. The van der Waals surface area contributed by atoms with Crippen LogP contribution in [-0.2, 0) is 0 Å². The molecule has 1 amide bonds. The highest BCUT2D eigenvalue weighted by Gasteiger charge is 2.29. The van der Waals surface area contributed by atoms with E-state index in [0.29, 0.717) is 17.4 Å². The fraction of sp³-hybridized carbons (Fsp3) is 0.400. The van der Waals surface area contributed by atoms with Gasteiger partial charge < -0.3 is 10.6 Å². The number of carbonyl (C=O) groups excluding carboxylic acids is 1. The number of nitrogens with two attached hydrogens (primary N) is 1. The lowest BCUT2D eigenvalue weighted by atomic mass is 10.2. The summed E-state index contributed by atoms with van der Waals surface area (Å²) in [7, 11) is 1.83. The van der Waals surface area contributed by atoms with Gasteiger partial charge in [-0.1, -0.05) is 0 Å². The molecule has 1 aliphatic rings. The number of anilines is 1. The van der Waals surface area contributed by atoms with E-state index >= 15 is 0 Å². The van der Waals surface area contributed by atoms with Crippen molar-refractivity contribution in [1.82, 2.24) is 9.88 Å². The molecule has 4 nitrogen and oxygen atoms in total. The summed E-state index contributed by atoms with van der Waals surface area (Å²) in [5.41, 5.74) is 6.12. The van der Waals surface area contributed by atoms with Gasteiger partial charge in [-0.15, -0.1) is 0 Å². The third kappa shape index (κ3) is 1.69. The molecular formula is C10H13N3O. The Hall–Kier alpha value is -1.58. The van der Waals surface area contributed by atoms with Crippen molar-refractivity contribution in [2.75, 3.05) is 12.8 Å². The van der Waals surface area contributed by atoms with Crippen LogP contribution in [0.5, 0.6) is 0 Å². The van der Waals surface area contributed by atoms with Crippen molar-refractivity contribution in [1.29, 1.82) is 0 Å². The zero-order valence-corrected chi connectivity index (χ0v) is 8.10. The van der Waals surface area contributed by atoms with Gasteiger partial charge in [-0.2, -0.15) is 0 Å². The number of amides is 1. The van der Waals surface area contributed by atoms with E-state index in [2.05, 4.69) is 4.98 Å². The van der Waals surface area contributed by atoms with Gasteiger partial charge in [-0.25, -0.2) is 4.98 Å². The first kappa shape index (κ1) is 8.99. The van der Waals surface area contributed by atoms with Crippen molar-refractivity contribution in [3.8, 4) is 0 Å². The van der Waals surface area contributed by atoms with Crippen LogP contribution >= 0.6 is 0 Å². The molecule has 4 heteroatoms. The summed E-state index contributed by atoms with van der Waals surface area (Å²) in [4.78, 5) is 17.4. The Balaban J connectivity index is 2.17. The SMILES string of the molecule is CN(C(=O)c1ccnc(N)c1)C1CC1. The molecule has 14 heavy (non-hydrogen) atoms. The summed E-state index contributed by atoms with van der Waals surface area (Å²) in [6, 6.07) is 3.73.